The molecule has 164 valence electrons. The van der Waals surface area contributed by atoms with Crippen molar-refractivity contribution in [3.8, 4) is 0 Å². The molecule has 0 heteroatoms. The van der Waals surface area contributed by atoms with E-state index in [1.807, 2.05) is 0 Å². The average molecular weight is 389 g/mol. The molecule has 7 atom stereocenters. The molecule has 0 amide bonds. The summed E-state index contributed by atoms with van der Waals surface area (Å²) >= 11 is 0. The van der Waals surface area contributed by atoms with Gasteiger partial charge in [0, 0.05) is 0 Å². The third-order valence-corrected chi connectivity index (χ3v) is 9.41. The molecule has 0 aromatic carbocycles. The molecule has 0 spiro atoms. The van der Waals surface area contributed by atoms with Gasteiger partial charge >= 0.3 is 0 Å². The highest BCUT2D eigenvalue weighted by atomic mass is 14.5. The summed E-state index contributed by atoms with van der Waals surface area (Å²) in [5, 5.41) is 0. The monoisotopic (exact) mass is 388 g/mol. The molecule has 0 radical (unpaired) electrons. The van der Waals surface area contributed by atoms with E-state index in [2.05, 4.69) is 27.7 Å². The molecule has 0 N–H and O–H groups in total. The number of unbranched alkanes of at least 4 members (excludes halogenated alkanes) is 2. The first-order valence-electron chi connectivity index (χ1n) is 13.6. The molecular weight excluding hydrogens is 336 g/mol. The Morgan fingerprint density at radius 2 is 1.50 bits per heavy atom. The van der Waals surface area contributed by atoms with Gasteiger partial charge in [-0.05, 0) is 79.4 Å². The van der Waals surface area contributed by atoms with Crippen LogP contribution in [0.1, 0.15) is 130 Å². The Hall–Kier alpha value is 0. The molecule has 0 aromatic rings. The van der Waals surface area contributed by atoms with E-state index in [9.17, 15) is 0 Å². The molecule has 3 rings (SSSR count). The summed E-state index contributed by atoms with van der Waals surface area (Å²) < 4.78 is 0. The second-order valence-electron chi connectivity index (χ2n) is 11.8. The number of fused-ring (bicyclic) bond motifs is 1. The highest BCUT2D eigenvalue weighted by molar-refractivity contribution is 4.96. The fourth-order valence-electron chi connectivity index (χ4n) is 8.04. The number of rotatable bonds is 10. The molecule has 3 aliphatic carbocycles. The van der Waals surface area contributed by atoms with Gasteiger partial charge in [-0.25, -0.2) is 0 Å². The van der Waals surface area contributed by atoms with E-state index in [4.69, 9.17) is 0 Å². The standard InChI is InChI=1S/C28H52/c1-5-12-21(2)17-25-18-22(3)27-19-23(4)26(28(27)20-25)16-11-7-10-15-24-13-8-6-9-14-24/h21-28H,5-20H2,1-4H3. The second-order valence-corrected chi connectivity index (χ2v) is 11.8. The minimum atomic E-state index is 0.954. The summed E-state index contributed by atoms with van der Waals surface area (Å²) in [5.41, 5.74) is 0. The maximum absolute atomic E-state index is 2.60. The molecule has 3 saturated carbocycles. The lowest BCUT2D eigenvalue weighted by Gasteiger charge is -2.40. The van der Waals surface area contributed by atoms with Gasteiger partial charge in [0.2, 0.25) is 0 Å². The van der Waals surface area contributed by atoms with Gasteiger partial charge in [-0.3, -0.25) is 0 Å². The summed E-state index contributed by atoms with van der Waals surface area (Å²) in [6, 6.07) is 0. The van der Waals surface area contributed by atoms with Crippen LogP contribution in [0.3, 0.4) is 0 Å². The summed E-state index contributed by atoms with van der Waals surface area (Å²) in [7, 11) is 0. The van der Waals surface area contributed by atoms with Gasteiger partial charge in [-0.2, -0.15) is 0 Å². The predicted octanol–water partition coefficient (Wildman–Crippen LogP) is 9.28. The summed E-state index contributed by atoms with van der Waals surface area (Å²) in [4.78, 5) is 0. The lowest BCUT2D eigenvalue weighted by atomic mass is 9.65. The Balaban J connectivity index is 1.42. The van der Waals surface area contributed by atoms with Gasteiger partial charge in [0.15, 0.2) is 0 Å². The Kier molecular flexibility index (Phi) is 9.24. The molecule has 0 nitrogen and oxygen atoms in total. The third-order valence-electron chi connectivity index (χ3n) is 9.41. The van der Waals surface area contributed by atoms with E-state index in [1.54, 1.807) is 38.5 Å². The van der Waals surface area contributed by atoms with Gasteiger partial charge in [-0.1, -0.05) is 98.3 Å². The zero-order chi connectivity index (χ0) is 19.9. The highest BCUT2D eigenvalue weighted by Gasteiger charge is 2.46. The van der Waals surface area contributed by atoms with Crippen molar-refractivity contribution in [1.82, 2.24) is 0 Å². The minimum absolute atomic E-state index is 0.954. The second kappa shape index (κ2) is 11.4. The first kappa shape index (κ1) is 22.7. The minimum Gasteiger partial charge on any atom is -0.0654 e. The lowest BCUT2D eigenvalue weighted by Crippen LogP contribution is -2.31. The Labute approximate surface area is 178 Å². The molecule has 3 aliphatic rings. The molecule has 7 unspecified atom stereocenters. The lowest BCUT2D eigenvalue weighted by molar-refractivity contribution is 0.0974. The van der Waals surface area contributed by atoms with Gasteiger partial charge < -0.3 is 0 Å². The van der Waals surface area contributed by atoms with E-state index in [0.29, 0.717) is 0 Å². The van der Waals surface area contributed by atoms with Crippen molar-refractivity contribution in [3.63, 3.8) is 0 Å². The molecule has 0 bridgehead atoms. The van der Waals surface area contributed by atoms with Gasteiger partial charge in [0.1, 0.15) is 0 Å². The maximum atomic E-state index is 2.60. The van der Waals surface area contributed by atoms with E-state index in [1.165, 1.54) is 64.2 Å². The van der Waals surface area contributed by atoms with Crippen molar-refractivity contribution >= 4 is 0 Å². The highest BCUT2D eigenvalue weighted by Crippen LogP contribution is 2.55. The van der Waals surface area contributed by atoms with E-state index in [0.717, 1.165) is 47.3 Å². The molecular formula is C28H52. The smallest absolute Gasteiger partial charge is 0.0350 e. The van der Waals surface area contributed by atoms with E-state index >= 15 is 0 Å². The quantitative estimate of drug-likeness (QED) is 0.327. The van der Waals surface area contributed by atoms with Crippen LogP contribution in [0.15, 0.2) is 0 Å². The SMILES string of the molecule is CCCC(C)CC1CC(C)C2CC(C)C(CCCCCC3CCCCC3)C2C1. The largest absolute Gasteiger partial charge is 0.0654 e. The maximum Gasteiger partial charge on any atom is -0.0350 e. The van der Waals surface area contributed by atoms with Crippen molar-refractivity contribution in [2.45, 2.75) is 130 Å². The number of hydrogen-bond donors (Lipinski definition) is 0. The van der Waals surface area contributed by atoms with Crippen LogP contribution in [-0.4, -0.2) is 0 Å². The van der Waals surface area contributed by atoms with Crippen LogP contribution < -0.4 is 0 Å². The van der Waals surface area contributed by atoms with Crippen molar-refractivity contribution in [2.24, 2.45) is 47.3 Å². The van der Waals surface area contributed by atoms with E-state index in [-0.39, 0.29) is 0 Å². The predicted molar refractivity (Wildman–Crippen MR) is 124 cm³/mol. The number of hydrogen-bond acceptors (Lipinski definition) is 0. The summed E-state index contributed by atoms with van der Waals surface area (Å²) in [6.07, 6.45) is 24.3. The molecule has 0 aromatic heterocycles. The van der Waals surface area contributed by atoms with Crippen LogP contribution in [0.4, 0.5) is 0 Å². The molecule has 0 saturated heterocycles. The first-order chi connectivity index (χ1) is 13.6. The van der Waals surface area contributed by atoms with Crippen LogP contribution in [-0.2, 0) is 0 Å². The Bertz CT molecular complexity index is 418. The Morgan fingerprint density at radius 3 is 2.25 bits per heavy atom. The molecule has 28 heavy (non-hydrogen) atoms. The summed E-state index contributed by atoms with van der Waals surface area (Å²) in [6.45, 7) is 10.1. The van der Waals surface area contributed by atoms with Crippen molar-refractivity contribution in [1.29, 1.82) is 0 Å². The molecule has 3 fully saturated rings. The van der Waals surface area contributed by atoms with E-state index < -0.39 is 0 Å². The zero-order valence-electron chi connectivity index (χ0n) is 19.9. The van der Waals surface area contributed by atoms with Crippen LogP contribution >= 0.6 is 0 Å². The van der Waals surface area contributed by atoms with Crippen molar-refractivity contribution < 1.29 is 0 Å². The fraction of sp³-hybridized carbons (Fsp3) is 1.00. The molecule has 0 heterocycles. The first-order valence-corrected chi connectivity index (χ1v) is 13.6. The third kappa shape index (κ3) is 6.25. The van der Waals surface area contributed by atoms with Crippen molar-refractivity contribution in [3.05, 3.63) is 0 Å². The average Bonchev–Trinajstić information content (AvgIpc) is 2.99. The molecule has 0 aliphatic heterocycles. The Morgan fingerprint density at radius 1 is 0.750 bits per heavy atom. The van der Waals surface area contributed by atoms with Gasteiger partial charge in [-0.15, -0.1) is 0 Å². The van der Waals surface area contributed by atoms with Crippen LogP contribution in [0.2, 0.25) is 0 Å². The normalized spacial score (nSPS) is 37.7. The van der Waals surface area contributed by atoms with Crippen LogP contribution in [0.5, 0.6) is 0 Å². The zero-order valence-corrected chi connectivity index (χ0v) is 19.9. The van der Waals surface area contributed by atoms with Gasteiger partial charge in [0.25, 0.3) is 0 Å². The van der Waals surface area contributed by atoms with Crippen LogP contribution in [0.25, 0.3) is 0 Å². The van der Waals surface area contributed by atoms with Crippen LogP contribution in [0, 0.1) is 47.3 Å². The van der Waals surface area contributed by atoms with Gasteiger partial charge in [0.05, 0.1) is 0 Å². The topological polar surface area (TPSA) is 0 Å². The fourth-order valence-corrected chi connectivity index (χ4v) is 8.04. The van der Waals surface area contributed by atoms with Crippen molar-refractivity contribution in [2.75, 3.05) is 0 Å². The summed E-state index contributed by atoms with van der Waals surface area (Å²) in [5.74, 6) is 8.29.